The van der Waals surface area contributed by atoms with Gasteiger partial charge < -0.3 is 20.3 Å². The van der Waals surface area contributed by atoms with Gasteiger partial charge in [-0.3, -0.25) is 9.59 Å². The van der Waals surface area contributed by atoms with Gasteiger partial charge in [0.25, 0.3) is 0 Å². The van der Waals surface area contributed by atoms with Gasteiger partial charge in [0.1, 0.15) is 0 Å². The molecule has 0 fully saturated rings. The smallest absolute Gasteiger partial charge is 0.305 e. The van der Waals surface area contributed by atoms with E-state index >= 15 is 0 Å². The number of allylic oxidation sites excluding steroid dienone is 5. The summed E-state index contributed by atoms with van der Waals surface area (Å²) in [6.07, 6.45) is 88.1. The van der Waals surface area contributed by atoms with E-state index in [2.05, 4.69) is 43.5 Å². The van der Waals surface area contributed by atoms with Crippen LogP contribution < -0.4 is 5.32 Å². The van der Waals surface area contributed by atoms with Gasteiger partial charge in [0.2, 0.25) is 5.91 Å². The Bertz CT molecular complexity index is 1280. The molecule has 0 aliphatic heterocycles. The molecular weight excluding hydrogens is 971 g/mol. The average molecular weight is 1110 g/mol. The summed E-state index contributed by atoms with van der Waals surface area (Å²) in [4.78, 5) is 24.6. The fraction of sp³-hybridized carbons (Fsp3) is 0.890. The van der Waals surface area contributed by atoms with Crippen LogP contribution in [0.3, 0.4) is 0 Å². The number of carbonyl (C=O) groups is 2. The van der Waals surface area contributed by atoms with Crippen molar-refractivity contribution in [3.8, 4) is 0 Å². The standard InChI is InChI=1S/C73H139NO5/c1-3-5-7-9-11-13-15-17-19-39-43-47-51-55-59-63-67-73(78)79-68-64-60-56-52-48-44-40-37-35-33-31-29-27-25-23-21-20-22-24-26-28-30-32-34-36-38-42-46-50-54-58-62-66-72(77)74-70(69-75)71(76)65-61-57-53-49-45-41-18-16-14-12-10-8-6-4-2/h13,15,19,39,61,65,70-71,75-76H,3-12,14,16-18,20-38,40-60,62-64,66-69H2,1-2H3,(H,74,77)/b15-13-,39-19-,65-61+. The molecule has 3 N–H and O–H groups in total. The van der Waals surface area contributed by atoms with Crippen LogP contribution in [0.25, 0.3) is 0 Å². The van der Waals surface area contributed by atoms with E-state index in [0.717, 1.165) is 51.4 Å². The van der Waals surface area contributed by atoms with E-state index in [1.165, 1.54) is 315 Å². The quantitative estimate of drug-likeness (QED) is 0.0320. The summed E-state index contributed by atoms with van der Waals surface area (Å²) >= 11 is 0. The molecule has 0 aliphatic carbocycles. The zero-order chi connectivity index (χ0) is 57.1. The van der Waals surface area contributed by atoms with Crippen LogP contribution in [0.5, 0.6) is 0 Å². The maximum absolute atomic E-state index is 12.5. The number of ether oxygens (including phenoxy) is 1. The predicted molar refractivity (Wildman–Crippen MR) is 347 cm³/mol. The highest BCUT2D eigenvalue weighted by atomic mass is 16.5. The van der Waals surface area contributed by atoms with Crippen LogP contribution in [0.1, 0.15) is 393 Å². The molecule has 0 aromatic heterocycles. The number of unbranched alkanes of at least 4 members (excludes halogenated alkanes) is 52. The van der Waals surface area contributed by atoms with Gasteiger partial charge >= 0.3 is 5.97 Å². The molecule has 0 rings (SSSR count). The molecule has 0 aromatic rings. The third-order valence-corrected chi connectivity index (χ3v) is 16.7. The Hall–Kier alpha value is -1.92. The first kappa shape index (κ1) is 77.1. The number of carbonyl (C=O) groups excluding carboxylic acids is 2. The van der Waals surface area contributed by atoms with Crippen LogP contribution in [0.15, 0.2) is 36.5 Å². The molecule has 0 spiro atoms. The fourth-order valence-corrected chi connectivity index (χ4v) is 11.2. The Kier molecular flexibility index (Phi) is 66.9. The molecule has 6 nitrogen and oxygen atoms in total. The Labute approximate surface area is 494 Å². The molecule has 2 atom stereocenters. The number of aliphatic hydroxyl groups is 2. The Balaban J connectivity index is 3.33. The van der Waals surface area contributed by atoms with Gasteiger partial charge in [-0.25, -0.2) is 0 Å². The third-order valence-electron chi connectivity index (χ3n) is 16.7. The molecule has 6 heteroatoms. The maximum Gasteiger partial charge on any atom is 0.305 e. The lowest BCUT2D eigenvalue weighted by atomic mass is 10.0. The lowest BCUT2D eigenvalue weighted by molar-refractivity contribution is -0.143. The minimum Gasteiger partial charge on any atom is -0.466 e. The molecule has 0 aromatic carbocycles. The molecule has 0 bridgehead atoms. The summed E-state index contributed by atoms with van der Waals surface area (Å²) < 4.78 is 5.49. The van der Waals surface area contributed by atoms with Crippen molar-refractivity contribution in [2.45, 2.75) is 405 Å². The summed E-state index contributed by atoms with van der Waals surface area (Å²) in [6.45, 7) is 4.91. The van der Waals surface area contributed by atoms with E-state index < -0.39 is 12.1 Å². The van der Waals surface area contributed by atoms with Crippen LogP contribution in [-0.4, -0.2) is 47.4 Å². The number of amides is 1. The van der Waals surface area contributed by atoms with Gasteiger partial charge in [0, 0.05) is 12.8 Å². The minimum atomic E-state index is -0.841. The lowest BCUT2D eigenvalue weighted by Gasteiger charge is -2.20. The second kappa shape index (κ2) is 68.6. The first-order chi connectivity index (χ1) is 39.0. The molecule has 466 valence electrons. The number of nitrogens with one attached hydrogen (secondary N) is 1. The zero-order valence-corrected chi connectivity index (χ0v) is 53.4. The predicted octanol–water partition coefficient (Wildman–Crippen LogP) is 23.1. The van der Waals surface area contributed by atoms with E-state index in [1.54, 1.807) is 6.08 Å². The molecule has 0 aliphatic rings. The van der Waals surface area contributed by atoms with E-state index in [9.17, 15) is 19.8 Å². The molecule has 0 saturated heterocycles. The summed E-state index contributed by atoms with van der Waals surface area (Å²) in [5.41, 5.74) is 0. The van der Waals surface area contributed by atoms with Gasteiger partial charge in [-0.1, -0.05) is 352 Å². The number of esters is 1. The highest BCUT2D eigenvalue weighted by Crippen LogP contribution is 2.19. The van der Waals surface area contributed by atoms with Gasteiger partial charge in [0.05, 0.1) is 25.4 Å². The van der Waals surface area contributed by atoms with Crippen molar-refractivity contribution in [2.75, 3.05) is 13.2 Å². The van der Waals surface area contributed by atoms with Crippen molar-refractivity contribution in [1.29, 1.82) is 0 Å². The molecule has 1 amide bonds. The summed E-state index contributed by atoms with van der Waals surface area (Å²) in [5.74, 6) is -0.0540. The van der Waals surface area contributed by atoms with Gasteiger partial charge in [0.15, 0.2) is 0 Å². The largest absolute Gasteiger partial charge is 0.466 e. The number of hydrogen-bond acceptors (Lipinski definition) is 5. The molecule has 2 unspecified atom stereocenters. The van der Waals surface area contributed by atoms with Crippen LogP contribution in [0.4, 0.5) is 0 Å². The molecular formula is C73H139NO5. The third kappa shape index (κ3) is 65.1. The SMILES string of the molecule is CCCCCC/C=C\C/C=C\CCCCCCCC(=O)OCCCCCCCCCCCCCCCCCCCCCCCCCCCCCCCCCCC(=O)NC(CO)C(O)/C=C/CCCCCCCCCCCCCC. The zero-order valence-electron chi connectivity index (χ0n) is 53.4. The number of rotatable bonds is 67. The molecule has 0 heterocycles. The van der Waals surface area contributed by atoms with Gasteiger partial charge in [-0.2, -0.15) is 0 Å². The Morgan fingerprint density at radius 2 is 0.633 bits per heavy atom. The van der Waals surface area contributed by atoms with Crippen molar-refractivity contribution in [1.82, 2.24) is 5.32 Å². The van der Waals surface area contributed by atoms with Crippen LogP contribution in [0, 0.1) is 0 Å². The topological polar surface area (TPSA) is 95.9 Å². The second-order valence-corrected chi connectivity index (χ2v) is 24.6. The van der Waals surface area contributed by atoms with Crippen LogP contribution >= 0.6 is 0 Å². The molecule has 79 heavy (non-hydrogen) atoms. The van der Waals surface area contributed by atoms with Crippen molar-refractivity contribution >= 4 is 11.9 Å². The average Bonchev–Trinajstić information content (AvgIpc) is 3.45. The first-order valence-corrected chi connectivity index (χ1v) is 35.8. The fourth-order valence-electron chi connectivity index (χ4n) is 11.2. The van der Waals surface area contributed by atoms with Crippen molar-refractivity contribution < 1.29 is 24.5 Å². The monoisotopic (exact) mass is 1110 g/mol. The summed E-state index contributed by atoms with van der Waals surface area (Å²) in [5, 5.41) is 23.1. The highest BCUT2D eigenvalue weighted by Gasteiger charge is 2.18. The van der Waals surface area contributed by atoms with Gasteiger partial charge in [-0.05, 0) is 64.2 Å². The maximum atomic E-state index is 12.5. The van der Waals surface area contributed by atoms with E-state index in [4.69, 9.17) is 4.74 Å². The van der Waals surface area contributed by atoms with Crippen LogP contribution in [-0.2, 0) is 14.3 Å². The van der Waals surface area contributed by atoms with Crippen LogP contribution in [0.2, 0.25) is 0 Å². The van der Waals surface area contributed by atoms with E-state index in [0.29, 0.717) is 19.4 Å². The Morgan fingerprint density at radius 3 is 0.975 bits per heavy atom. The minimum absolute atomic E-state index is 0.00774. The van der Waals surface area contributed by atoms with Crippen molar-refractivity contribution in [2.24, 2.45) is 0 Å². The highest BCUT2D eigenvalue weighted by molar-refractivity contribution is 5.76. The Morgan fingerprint density at radius 1 is 0.354 bits per heavy atom. The first-order valence-electron chi connectivity index (χ1n) is 35.8. The normalized spacial score (nSPS) is 12.7. The molecule has 0 saturated carbocycles. The molecule has 0 radical (unpaired) electrons. The van der Waals surface area contributed by atoms with E-state index in [1.807, 2.05) is 6.08 Å². The number of hydrogen-bond donors (Lipinski definition) is 3. The van der Waals surface area contributed by atoms with E-state index in [-0.39, 0.29) is 18.5 Å². The summed E-state index contributed by atoms with van der Waals surface area (Å²) in [7, 11) is 0. The lowest BCUT2D eigenvalue weighted by Crippen LogP contribution is -2.45. The van der Waals surface area contributed by atoms with Crippen molar-refractivity contribution in [3.63, 3.8) is 0 Å². The summed E-state index contributed by atoms with van der Waals surface area (Å²) in [6, 6.07) is -0.624. The number of aliphatic hydroxyl groups excluding tert-OH is 2. The van der Waals surface area contributed by atoms with Gasteiger partial charge in [-0.15, -0.1) is 0 Å². The van der Waals surface area contributed by atoms with Crippen molar-refractivity contribution in [3.05, 3.63) is 36.5 Å². The second-order valence-electron chi connectivity index (χ2n) is 24.6.